The SMILES string of the molecule is C=CSC1=C(C#N)C(CC)(c2ccccc2)/C(=C/c2ccccc2)S1. The molecular weight excluding hydrogens is 342 g/mol. The van der Waals surface area contributed by atoms with Crippen LogP contribution in [0.4, 0.5) is 0 Å². The molecule has 3 rings (SSSR count). The van der Waals surface area contributed by atoms with Crippen molar-refractivity contribution in [3.8, 4) is 6.07 Å². The predicted octanol–water partition coefficient (Wildman–Crippen LogP) is 6.73. The van der Waals surface area contributed by atoms with Crippen LogP contribution in [0, 0.1) is 11.3 Å². The summed E-state index contributed by atoms with van der Waals surface area (Å²) in [5, 5.41) is 11.8. The van der Waals surface area contributed by atoms with E-state index in [0.29, 0.717) is 0 Å². The Morgan fingerprint density at radius 3 is 2.32 bits per heavy atom. The molecule has 1 heterocycles. The number of hydrogen-bond donors (Lipinski definition) is 0. The van der Waals surface area contributed by atoms with Gasteiger partial charge in [-0.15, -0.1) is 0 Å². The summed E-state index contributed by atoms with van der Waals surface area (Å²) in [5.74, 6) is 0. The molecular formula is C22H19NS2. The molecule has 124 valence electrons. The van der Waals surface area contributed by atoms with Gasteiger partial charge in [-0.3, -0.25) is 0 Å². The fourth-order valence-corrected chi connectivity index (χ4v) is 5.66. The number of hydrogen-bond acceptors (Lipinski definition) is 3. The van der Waals surface area contributed by atoms with Crippen molar-refractivity contribution in [2.75, 3.05) is 0 Å². The van der Waals surface area contributed by atoms with E-state index in [0.717, 1.165) is 21.8 Å². The molecule has 0 amide bonds. The van der Waals surface area contributed by atoms with Crippen LogP contribution in [0.15, 0.2) is 87.4 Å². The topological polar surface area (TPSA) is 23.8 Å². The number of nitrogens with zero attached hydrogens (tertiary/aromatic N) is 1. The van der Waals surface area contributed by atoms with Gasteiger partial charge in [0, 0.05) is 4.91 Å². The second-order valence-corrected chi connectivity index (χ2v) is 7.99. The second-order valence-electron chi connectivity index (χ2n) is 5.71. The van der Waals surface area contributed by atoms with E-state index >= 15 is 0 Å². The summed E-state index contributed by atoms with van der Waals surface area (Å²) in [7, 11) is 0. The first-order valence-corrected chi connectivity index (χ1v) is 9.89. The molecule has 25 heavy (non-hydrogen) atoms. The summed E-state index contributed by atoms with van der Waals surface area (Å²) in [4.78, 5) is 1.20. The van der Waals surface area contributed by atoms with E-state index in [1.54, 1.807) is 28.9 Å². The zero-order valence-corrected chi connectivity index (χ0v) is 15.7. The minimum Gasteiger partial charge on any atom is -0.193 e. The largest absolute Gasteiger partial charge is 0.193 e. The third kappa shape index (κ3) is 3.20. The molecule has 1 nitrogen and oxygen atoms in total. The number of nitriles is 1. The average molecular weight is 362 g/mol. The minimum atomic E-state index is -0.387. The molecule has 1 aliphatic heterocycles. The van der Waals surface area contributed by atoms with Crippen LogP contribution in [0.1, 0.15) is 24.5 Å². The lowest BCUT2D eigenvalue weighted by atomic mass is 9.72. The van der Waals surface area contributed by atoms with Crippen molar-refractivity contribution in [2.24, 2.45) is 0 Å². The highest BCUT2D eigenvalue weighted by Gasteiger charge is 2.46. The third-order valence-electron chi connectivity index (χ3n) is 4.45. The summed E-state index contributed by atoms with van der Waals surface area (Å²) in [6.45, 7) is 5.99. The Bertz CT molecular complexity index is 860. The Balaban J connectivity index is 2.24. The van der Waals surface area contributed by atoms with Crippen molar-refractivity contribution in [3.63, 3.8) is 0 Å². The maximum absolute atomic E-state index is 9.98. The van der Waals surface area contributed by atoms with Gasteiger partial charge in [0.25, 0.3) is 0 Å². The first-order valence-electron chi connectivity index (χ1n) is 8.19. The Morgan fingerprint density at radius 1 is 1.12 bits per heavy atom. The molecule has 0 saturated heterocycles. The van der Waals surface area contributed by atoms with Crippen molar-refractivity contribution in [3.05, 3.63) is 98.5 Å². The monoisotopic (exact) mass is 361 g/mol. The number of rotatable bonds is 5. The summed E-state index contributed by atoms with van der Waals surface area (Å²) in [6, 6.07) is 23.2. The van der Waals surface area contributed by atoms with Crippen LogP contribution >= 0.6 is 23.5 Å². The fourth-order valence-electron chi connectivity index (χ4n) is 3.25. The van der Waals surface area contributed by atoms with Crippen molar-refractivity contribution in [1.29, 1.82) is 5.26 Å². The highest BCUT2D eigenvalue weighted by molar-refractivity contribution is 8.25. The molecule has 0 aromatic heterocycles. The number of thioether (sulfide) groups is 2. The van der Waals surface area contributed by atoms with Gasteiger partial charge in [-0.1, -0.05) is 97.7 Å². The van der Waals surface area contributed by atoms with Gasteiger partial charge in [0.15, 0.2) is 0 Å². The summed E-state index contributed by atoms with van der Waals surface area (Å²) in [6.07, 6.45) is 3.06. The van der Waals surface area contributed by atoms with Gasteiger partial charge in [-0.2, -0.15) is 5.26 Å². The maximum Gasteiger partial charge on any atom is 0.0978 e. The molecule has 0 N–H and O–H groups in total. The molecule has 0 radical (unpaired) electrons. The molecule has 0 saturated carbocycles. The zero-order chi connectivity index (χ0) is 17.7. The van der Waals surface area contributed by atoms with Crippen LogP contribution in [0.3, 0.4) is 0 Å². The number of allylic oxidation sites excluding steroid dienone is 2. The Hall–Kier alpha value is -2.15. The van der Waals surface area contributed by atoms with E-state index < -0.39 is 0 Å². The normalized spacial score (nSPS) is 21.4. The van der Waals surface area contributed by atoms with Gasteiger partial charge in [-0.25, -0.2) is 0 Å². The molecule has 0 spiro atoms. The average Bonchev–Trinajstić information content (AvgIpc) is 2.96. The molecule has 0 aliphatic carbocycles. The van der Waals surface area contributed by atoms with Crippen LogP contribution in [0.2, 0.25) is 0 Å². The van der Waals surface area contributed by atoms with Gasteiger partial charge in [0.05, 0.1) is 21.3 Å². The zero-order valence-electron chi connectivity index (χ0n) is 14.1. The highest BCUT2D eigenvalue weighted by atomic mass is 32.2. The third-order valence-corrected chi connectivity index (χ3v) is 6.65. The van der Waals surface area contributed by atoms with Gasteiger partial charge in [0.1, 0.15) is 0 Å². The van der Waals surface area contributed by atoms with E-state index in [1.807, 2.05) is 36.4 Å². The van der Waals surface area contributed by atoms with Crippen LogP contribution in [-0.2, 0) is 5.41 Å². The molecule has 0 bridgehead atoms. The summed E-state index contributed by atoms with van der Waals surface area (Å²) >= 11 is 3.24. The van der Waals surface area contributed by atoms with E-state index in [1.165, 1.54) is 10.5 Å². The van der Waals surface area contributed by atoms with E-state index in [2.05, 4.69) is 49.9 Å². The lowest BCUT2D eigenvalue weighted by Crippen LogP contribution is -2.26. The first kappa shape index (κ1) is 17.7. The lowest BCUT2D eigenvalue weighted by molar-refractivity contribution is 0.618. The maximum atomic E-state index is 9.98. The fraction of sp³-hybridized carbons (Fsp3) is 0.136. The molecule has 3 heteroatoms. The van der Waals surface area contributed by atoms with Gasteiger partial charge < -0.3 is 0 Å². The predicted molar refractivity (Wildman–Crippen MR) is 111 cm³/mol. The molecule has 0 fully saturated rings. The quantitative estimate of drug-likeness (QED) is 0.589. The number of benzene rings is 2. The Morgan fingerprint density at radius 2 is 1.76 bits per heavy atom. The van der Waals surface area contributed by atoms with Crippen molar-refractivity contribution in [2.45, 2.75) is 18.8 Å². The van der Waals surface area contributed by atoms with E-state index in [-0.39, 0.29) is 5.41 Å². The van der Waals surface area contributed by atoms with Crippen LogP contribution in [-0.4, -0.2) is 0 Å². The highest BCUT2D eigenvalue weighted by Crippen LogP contribution is 2.60. The Labute approximate surface area is 158 Å². The Kier molecular flexibility index (Phi) is 5.53. The lowest BCUT2D eigenvalue weighted by Gasteiger charge is -2.30. The molecule has 1 atom stereocenters. The minimum absolute atomic E-state index is 0.387. The second kappa shape index (κ2) is 7.82. The van der Waals surface area contributed by atoms with Gasteiger partial charge in [0.2, 0.25) is 0 Å². The smallest absolute Gasteiger partial charge is 0.0978 e. The summed E-state index contributed by atoms with van der Waals surface area (Å²) in [5.41, 5.74) is 2.77. The molecule has 2 aromatic rings. The van der Waals surface area contributed by atoms with Crippen LogP contribution in [0.5, 0.6) is 0 Å². The standard InChI is InChI=1S/C22H19NS2/c1-3-22(18-13-9-6-10-14-18)19(16-23)21(24-4-2)25-20(22)15-17-11-7-5-8-12-17/h4-15H,2-3H2,1H3/b20-15-. The van der Waals surface area contributed by atoms with Gasteiger partial charge in [-0.05, 0) is 29.0 Å². The molecule has 1 aliphatic rings. The molecule has 2 aromatic carbocycles. The molecule has 1 unspecified atom stereocenters. The van der Waals surface area contributed by atoms with E-state index in [9.17, 15) is 5.26 Å². The van der Waals surface area contributed by atoms with E-state index in [4.69, 9.17) is 0 Å². The van der Waals surface area contributed by atoms with Crippen molar-refractivity contribution in [1.82, 2.24) is 0 Å². The first-order chi connectivity index (χ1) is 12.3. The van der Waals surface area contributed by atoms with Crippen LogP contribution < -0.4 is 0 Å². The van der Waals surface area contributed by atoms with Gasteiger partial charge >= 0.3 is 0 Å². The summed E-state index contributed by atoms with van der Waals surface area (Å²) < 4.78 is 1.03. The van der Waals surface area contributed by atoms with Crippen LogP contribution in [0.25, 0.3) is 6.08 Å². The van der Waals surface area contributed by atoms with Crippen molar-refractivity contribution >= 4 is 29.6 Å². The van der Waals surface area contributed by atoms with Crippen molar-refractivity contribution < 1.29 is 0 Å².